The average Bonchev–Trinajstić information content (AvgIpc) is 2.73. The van der Waals surface area contributed by atoms with E-state index in [0.29, 0.717) is 11.3 Å². The summed E-state index contributed by atoms with van der Waals surface area (Å²) in [6.45, 7) is 1.67. The van der Waals surface area contributed by atoms with Crippen LogP contribution in [-0.4, -0.2) is 24.7 Å². The predicted molar refractivity (Wildman–Crippen MR) is 70.9 cm³/mol. The molecule has 0 unspecified atom stereocenters. The van der Waals surface area contributed by atoms with E-state index < -0.39 is 16.0 Å². The molecule has 7 nitrogen and oxygen atoms in total. The molecule has 2 rings (SSSR count). The summed E-state index contributed by atoms with van der Waals surface area (Å²) >= 11 is 0. The molecule has 1 aromatic carbocycles. The molecule has 20 heavy (non-hydrogen) atoms. The summed E-state index contributed by atoms with van der Waals surface area (Å²) in [5.41, 5.74) is 1.14. The van der Waals surface area contributed by atoms with Gasteiger partial charge in [-0.25, -0.2) is 13.2 Å². The van der Waals surface area contributed by atoms with E-state index in [-0.39, 0.29) is 17.2 Å². The Morgan fingerprint density at radius 1 is 1.35 bits per heavy atom. The van der Waals surface area contributed by atoms with Crippen LogP contribution in [0.3, 0.4) is 0 Å². The Morgan fingerprint density at radius 2 is 2.00 bits per heavy atom. The molecule has 2 N–H and O–H groups in total. The highest BCUT2D eigenvalue weighted by Crippen LogP contribution is 2.14. The van der Waals surface area contributed by atoms with Gasteiger partial charge in [-0.15, -0.1) is 0 Å². The topological polar surface area (TPSA) is 110 Å². The normalized spacial score (nSPS) is 11.2. The quantitative estimate of drug-likeness (QED) is 0.867. The summed E-state index contributed by atoms with van der Waals surface area (Å²) in [4.78, 5) is 10.7. The molecule has 0 bridgehead atoms. The van der Waals surface area contributed by atoms with Crippen LogP contribution in [0.25, 0.3) is 0 Å². The maximum Gasteiger partial charge on any atom is 0.335 e. The Balaban J connectivity index is 2.09. The van der Waals surface area contributed by atoms with Crippen molar-refractivity contribution in [3.05, 3.63) is 47.2 Å². The molecule has 0 saturated carbocycles. The zero-order valence-corrected chi connectivity index (χ0v) is 11.3. The number of hydrogen-bond donors (Lipinski definition) is 2. The van der Waals surface area contributed by atoms with Crippen LogP contribution in [0.2, 0.25) is 0 Å². The van der Waals surface area contributed by atoms with Crippen LogP contribution in [-0.2, 0) is 15.8 Å². The first-order chi connectivity index (χ1) is 9.35. The van der Waals surface area contributed by atoms with Gasteiger partial charge >= 0.3 is 5.97 Å². The van der Waals surface area contributed by atoms with E-state index in [1.165, 1.54) is 30.3 Å². The Bertz CT molecular complexity index is 719. The standard InChI is InChI=1S/C12H12N2O5S/c1-8-6-11(19-13-8)14-20(17,18)7-9-2-4-10(5-3-9)12(15)16/h2-6,14H,7H2,1H3,(H,15,16). The van der Waals surface area contributed by atoms with Crippen molar-refractivity contribution >= 4 is 21.9 Å². The summed E-state index contributed by atoms with van der Waals surface area (Å²) in [7, 11) is -3.64. The number of sulfonamides is 1. The second kappa shape index (κ2) is 5.33. The summed E-state index contributed by atoms with van der Waals surface area (Å²) in [5, 5.41) is 12.3. The fourth-order valence-electron chi connectivity index (χ4n) is 1.56. The lowest BCUT2D eigenvalue weighted by Crippen LogP contribution is -2.14. The van der Waals surface area contributed by atoms with Crippen LogP contribution in [0.1, 0.15) is 21.6 Å². The van der Waals surface area contributed by atoms with Crippen LogP contribution in [0.5, 0.6) is 0 Å². The number of rotatable bonds is 5. The van der Waals surface area contributed by atoms with Crippen LogP contribution in [0.4, 0.5) is 5.88 Å². The van der Waals surface area contributed by atoms with E-state index in [1.54, 1.807) is 6.92 Å². The molecule has 0 aliphatic heterocycles. The Morgan fingerprint density at radius 3 is 2.50 bits per heavy atom. The van der Waals surface area contributed by atoms with Crippen molar-refractivity contribution in [1.82, 2.24) is 5.16 Å². The number of carboxylic acid groups (broad SMARTS) is 1. The van der Waals surface area contributed by atoms with E-state index in [0.717, 1.165) is 0 Å². The zero-order valence-electron chi connectivity index (χ0n) is 10.5. The van der Waals surface area contributed by atoms with Gasteiger partial charge in [0.25, 0.3) is 0 Å². The second-order valence-corrected chi connectivity index (χ2v) is 5.92. The number of hydrogen-bond acceptors (Lipinski definition) is 5. The van der Waals surface area contributed by atoms with Gasteiger partial charge in [0.1, 0.15) is 0 Å². The number of anilines is 1. The van der Waals surface area contributed by atoms with Crippen LogP contribution in [0, 0.1) is 6.92 Å². The number of aromatic nitrogens is 1. The molecule has 0 atom stereocenters. The second-order valence-electron chi connectivity index (χ2n) is 4.20. The fourth-order valence-corrected chi connectivity index (χ4v) is 2.67. The van der Waals surface area contributed by atoms with E-state index in [1.807, 2.05) is 0 Å². The smallest absolute Gasteiger partial charge is 0.335 e. The summed E-state index contributed by atoms with van der Waals surface area (Å²) in [5.74, 6) is -1.30. The maximum atomic E-state index is 11.9. The van der Waals surface area contributed by atoms with E-state index in [9.17, 15) is 13.2 Å². The van der Waals surface area contributed by atoms with Gasteiger partial charge in [0.15, 0.2) is 0 Å². The minimum Gasteiger partial charge on any atom is -0.478 e. The van der Waals surface area contributed by atoms with Crippen LogP contribution >= 0.6 is 0 Å². The number of nitrogens with one attached hydrogen (secondary N) is 1. The Labute approximate surface area is 115 Å². The van der Waals surface area contributed by atoms with Crippen molar-refractivity contribution in [3.8, 4) is 0 Å². The van der Waals surface area contributed by atoms with Gasteiger partial charge in [-0.1, -0.05) is 17.3 Å². The van der Waals surface area contributed by atoms with Gasteiger partial charge in [0, 0.05) is 6.07 Å². The van der Waals surface area contributed by atoms with Crippen molar-refractivity contribution in [1.29, 1.82) is 0 Å². The molecule has 1 aromatic heterocycles. The highest BCUT2D eigenvalue weighted by atomic mass is 32.2. The Kier molecular flexibility index (Phi) is 3.75. The number of carboxylic acids is 1. The number of nitrogens with zero attached hydrogens (tertiary/aromatic N) is 1. The number of aryl methyl sites for hydroxylation is 1. The fraction of sp³-hybridized carbons (Fsp3) is 0.167. The van der Waals surface area contributed by atoms with Crippen molar-refractivity contribution in [3.63, 3.8) is 0 Å². The number of benzene rings is 1. The van der Waals surface area contributed by atoms with Crippen molar-refractivity contribution in [2.75, 3.05) is 4.72 Å². The third-order valence-electron chi connectivity index (χ3n) is 2.44. The average molecular weight is 296 g/mol. The molecule has 8 heteroatoms. The van der Waals surface area contributed by atoms with Crippen molar-refractivity contribution < 1.29 is 22.8 Å². The molecule has 106 valence electrons. The van der Waals surface area contributed by atoms with Crippen molar-refractivity contribution in [2.45, 2.75) is 12.7 Å². The third-order valence-corrected chi connectivity index (χ3v) is 3.67. The molecule has 0 fully saturated rings. The van der Waals surface area contributed by atoms with Crippen molar-refractivity contribution in [2.24, 2.45) is 0 Å². The minimum absolute atomic E-state index is 0.0460. The number of aromatic carboxylic acids is 1. The number of carbonyl (C=O) groups is 1. The Hall–Kier alpha value is -2.35. The first-order valence-electron chi connectivity index (χ1n) is 5.62. The molecule has 0 aliphatic carbocycles. The van der Waals surface area contributed by atoms with E-state index in [2.05, 4.69) is 9.88 Å². The van der Waals surface area contributed by atoms with Crippen LogP contribution < -0.4 is 4.72 Å². The summed E-state index contributed by atoms with van der Waals surface area (Å²) in [6.07, 6.45) is 0. The first kappa shape index (κ1) is 14.1. The van der Waals surface area contributed by atoms with Crippen LogP contribution in [0.15, 0.2) is 34.9 Å². The van der Waals surface area contributed by atoms with E-state index in [4.69, 9.17) is 9.63 Å². The molecule has 0 spiro atoms. The molecule has 2 aromatic rings. The van der Waals surface area contributed by atoms with Gasteiger partial charge < -0.3 is 9.63 Å². The molecular formula is C12H12N2O5S. The lowest BCUT2D eigenvalue weighted by molar-refractivity contribution is 0.0697. The van der Waals surface area contributed by atoms with Gasteiger partial charge in [-0.2, -0.15) is 0 Å². The largest absolute Gasteiger partial charge is 0.478 e. The van der Waals surface area contributed by atoms with Gasteiger partial charge in [-0.3, -0.25) is 4.72 Å². The van der Waals surface area contributed by atoms with Gasteiger partial charge in [-0.05, 0) is 24.6 Å². The van der Waals surface area contributed by atoms with Gasteiger partial charge in [0.05, 0.1) is 17.0 Å². The molecule has 0 radical (unpaired) electrons. The minimum atomic E-state index is -3.64. The highest BCUT2D eigenvalue weighted by molar-refractivity contribution is 7.91. The molecular weight excluding hydrogens is 284 g/mol. The molecule has 0 saturated heterocycles. The lowest BCUT2D eigenvalue weighted by Gasteiger charge is -2.05. The highest BCUT2D eigenvalue weighted by Gasteiger charge is 2.14. The SMILES string of the molecule is Cc1cc(NS(=O)(=O)Cc2ccc(C(=O)O)cc2)on1. The first-order valence-corrected chi connectivity index (χ1v) is 7.27. The van der Waals surface area contributed by atoms with E-state index >= 15 is 0 Å². The summed E-state index contributed by atoms with van der Waals surface area (Å²) in [6, 6.07) is 7.07. The molecule has 0 aliphatic rings. The molecule has 1 heterocycles. The third kappa shape index (κ3) is 3.58. The maximum absolute atomic E-state index is 11.9. The monoisotopic (exact) mass is 296 g/mol. The molecule has 0 amide bonds. The van der Waals surface area contributed by atoms with Gasteiger partial charge in [0.2, 0.25) is 15.9 Å². The predicted octanol–water partition coefficient (Wildman–Crippen LogP) is 1.62. The lowest BCUT2D eigenvalue weighted by atomic mass is 10.1. The zero-order chi connectivity index (χ0) is 14.8. The summed E-state index contributed by atoms with van der Waals surface area (Å²) < 4.78 is 30.8.